The van der Waals surface area contributed by atoms with Crippen LogP contribution in [0.1, 0.15) is 31.2 Å². The molecule has 0 saturated heterocycles. The summed E-state index contributed by atoms with van der Waals surface area (Å²) in [6, 6.07) is 7.92. The van der Waals surface area contributed by atoms with Gasteiger partial charge >= 0.3 is 5.97 Å². The second-order valence-electron chi connectivity index (χ2n) is 5.38. The summed E-state index contributed by atoms with van der Waals surface area (Å²) in [5, 5.41) is 8.73. The number of ether oxygens (including phenoxy) is 1. The standard InChI is InChI=1S/C16H21NO4/c1-12-3-2-4-14(11-12)21-10-8-15(18)17(13-5-6-13)9-7-16(19)20/h2-4,11,13H,5-10H2,1H3,(H,19,20). The predicted molar refractivity (Wildman–Crippen MR) is 78.3 cm³/mol. The third kappa shape index (κ3) is 5.10. The molecule has 1 fully saturated rings. The van der Waals surface area contributed by atoms with Gasteiger partial charge in [-0.15, -0.1) is 0 Å². The van der Waals surface area contributed by atoms with E-state index in [0.29, 0.717) is 13.2 Å². The predicted octanol–water partition coefficient (Wildman–Crippen LogP) is 2.23. The van der Waals surface area contributed by atoms with Crippen LogP contribution >= 0.6 is 0 Å². The van der Waals surface area contributed by atoms with E-state index in [1.165, 1.54) is 0 Å². The molecule has 0 unspecified atom stereocenters. The smallest absolute Gasteiger partial charge is 0.305 e. The molecule has 1 aliphatic rings. The number of aliphatic carboxylic acids is 1. The number of nitrogens with zero attached hydrogens (tertiary/aromatic N) is 1. The van der Waals surface area contributed by atoms with Crippen LogP contribution in [0.5, 0.6) is 5.75 Å². The van der Waals surface area contributed by atoms with Crippen LogP contribution in [-0.4, -0.2) is 41.1 Å². The number of aryl methyl sites for hydroxylation is 1. The highest BCUT2D eigenvalue weighted by Gasteiger charge is 2.32. The number of hydrogen-bond donors (Lipinski definition) is 1. The van der Waals surface area contributed by atoms with Crippen LogP contribution in [0.4, 0.5) is 0 Å². The van der Waals surface area contributed by atoms with Crippen LogP contribution in [0, 0.1) is 6.92 Å². The van der Waals surface area contributed by atoms with Gasteiger partial charge < -0.3 is 14.7 Å². The van der Waals surface area contributed by atoms with Gasteiger partial charge in [-0.1, -0.05) is 12.1 Å². The monoisotopic (exact) mass is 291 g/mol. The Morgan fingerprint density at radius 3 is 2.71 bits per heavy atom. The SMILES string of the molecule is Cc1cccc(OCCC(=O)N(CCC(=O)O)C2CC2)c1. The molecule has 0 aromatic heterocycles. The zero-order valence-electron chi connectivity index (χ0n) is 12.2. The molecule has 0 aliphatic heterocycles. The molecule has 0 bridgehead atoms. The molecule has 1 saturated carbocycles. The van der Waals surface area contributed by atoms with Crippen molar-refractivity contribution < 1.29 is 19.4 Å². The van der Waals surface area contributed by atoms with Gasteiger partial charge in [0.25, 0.3) is 0 Å². The normalized spacial score (nSPS) is 13.8. The van der Waals surface area contributed by atoms with Crippen LogP contribution in [0.3, 0.4) is 0 Å². The van der Waals surface area contributed by atoms with Gasteiger partial charge in [-0.05, 0) is 37.5 Å². The van der Waals surface area contributed by atoms with E-state index in [-0.39, 0.29) is 24.8 Å². The molecule has 0 atom stereocenters. The van der Waals surface area contributed by atoms with Crippen LogP contribution in [0.25, 0.3) is 0 Å². The van der Waals surface area contributed by atoms with Crippen molar-refractivity contribution in [3.05, 3.63) is 29.8 Å². The molecule has 21 heavy (non-hydrogen) atoms. The molecule has 5 nitrogen and oxygen atoms in total. The molecule has 1 aliphatic carbocycles. The van der Waals surface area contributed by atoms with Crippen molar-refractivity contribution in [1.82, 2.24) is 4.90 Å². The molecule has 1 amide bonds. The summed E-state index contributed by atoms with van der Waals surface area (Å²) >= 11 is 0. The van der Waals surface area contributed by atoms with Crippen molar-refractivity contribution in [1.29, 1.82) is 0 Å². The summed E-state index contributed by atoms with van der Waals surface area (Å²) in [7, 11) is 0. The van der Waals surface area contributed by atoms with Crippen molar-refractivity contribution in [3.8, 4) is 5.75 Å². The van der Waals surface area contributed by atoms with Crippen LogP contribution < -0.4 is 4.74 Å². The number of carbonyl (C=O) groups is 2. The lowest BCUT2D eigenvalue weighted by molar-refractivity contribution is -0.138. The van der Waals surface area contributed by atoms with Gasteiger partial charge in [0.2, 0.25) is 5.91 Å². The van der Waals surface area contributed by atoms with Crippen molar-refractivity contribution in [2.24, 2.45) is 0 Å². The van der Waals surface area contributed by atoms with E-state index < -0.39 is 5.97 Å². The van der Waals surface area contributed by atoms with E-state index in [1.807, 2.05) is 31.2 Å². The van der Waals surface area contributed by atoms with Gasteiger partial charge in [0.1, 0.15) is 5.75 Å². The van der Waals surface area contributed by atoms with Crippen molar-refractivity contribution >= 4 is 11.9 Å². The Morgan fingerprint density at radius 1 is 1.33 bits per heavy atom. The van der Waals surface area contributed by atoms with E-state index in [9.17, 15) is 9.59 Å². The summed E-state index contributed by atoms with van der Waals surface area (Å²) < 4.78 is 5.57. The van der Waals surface area contributed by atoms with E-state index in [0.717, 1.165) is 24.2 Å². The molecule has 1 aromatic carbocycles. The Balaban J connectivity index is 1.78. The average molecular weight is 291 g/mol. The summed E-state index contributed by atoms with van der Waals surface area (Å²) in [6.45, 7) is 2.60. The molecular formula is C16H21NO4. The Kier molecular flexibility index (Phi) is 5.20. The average Bonchev–Trinajstić information content (AvgIpc) is 3.23. The minimum absolute atomic E-state index is 0.000969. The highest BCUT2D eigenvalue weighted by Crippen LogP contribution is 2.27. The molecule has 0 spiro atoms. The third-order valence-electron chi connectivity index (χ3n) is 3.45. The number of carbonyl (C=O) groups excluding carboxylic acids is 1. The maximum Gasteiger partial charge on any atom is 0.305 e. The Bertz CT molecular complexity index is 511. The molecule has 1 aromatic rings. The fourth-order valence-electron chi connectivity index (χ4n) is 2.22. The van der Waals surface area contributed by atoms with Gasteiger partial charge in [0, 0.05) is 12.6 Å². The molecule has 114 valence electrons. The first-order chi connectivity index (χ1) is 10.1. The maximum atomic E-state index is 12.1. The number of carboxylic acids is 1. The Labute approximate surface area is 124 Å². The first-order valence-electron chi connectivity index (χ1n) is 7.27. The number of hydrogen-bond acceptors (Lipinski definition) is 3. The van der Waals surface area contributed by atoms with Gasteiger partial charge in [-0.2, -0.15) is 0 Å². The fourth-order valence-corrected chi connectivity index (χ4v) is 2.22. The van der Waals surface area contributed by atoms with E-state index in [4.69, 9.17) is 9.84 Å². The molecule has 0 heterocycles. The molecule has 5 heteroatoms. The van der Waals surface area contributed by atoms with Crippen LogP contribution in [0.15, 0.2) is 24.3 Å². The number of amides is 1. The quantitative estimate of drug-likeness (QED) is 0.797. The molecule has 2 rings (SSSR count). The van der Waals surface area contributed by atoms with E-state index in [2.05, 4.69) is 0 Å². The zero-order valence-corrected chi connectivity index (χ0v) is 12.2. The minimum atomic E-state index is -0.871. The summed E-state index contributed by atoms with van der Waals surface area (Å²) in [5.41, 5.74) is 1.11. The minimum Gasteiger partial charge on any atom is -0.493 e. The van der Waals surface area contributed by atoms with Gasteiger partial charge in [-0.3, -0.25) is 9.59 Å². The van der Waals surface area contributed by atoms with Crippen molar-refractivity contribution in [2.45, 2.75) is 38.6 Å². The molecule has 0 radical (unpaired) electrons. The number of carboxylic acid groups (broad SMARTS) is 1. The highest BCUT2D eigenvalue weighted by atomic mass is 16.5. The topological polar surface area (TPSA) is 66.8 Å². The largest absolute Gasteiger partial charge is 0.493 e. The van der Waals surface area contributed by atoms with Crippen LogP contribution in [0.2, 0.25) is 0 Å². The summed E-state index contributed by atoms with van der Waals surface area (Å²) in [5.74, 6) is -0.137. The third-order valence-corrected chi connectivity index (χ3v) is 3.45. The van der Waals surface area contributed by atoms with E-state index in [1.54, 1.807) is 4.90 Å². The number of rotatable bonds is 8. The Morgan fingerprint density at radius 2 is 2.10 bits per heavy atom. The molecule has 1 N–H and O–H groups in total. The van der Waals surface area contributed by atoms with Crippen molar-refractivity contribution in [2.75, 3.05) is 13.2 Å². The molecular weight excluding hydrogens is 270 g/mol. The summed E-state index contributed by atoms with van der Waals surface area (Å²) in [4.78, 5) is 24.5. The first kappa shape index (κ1) is 15.4. The second-order valence-corrected chi connectivity index (χ2v) is 5.38. The van der Waals surface area contributed by atoms with Crippen LogP contribution in [-0.2, 0) is 9.59 Å². The highest BCUT2D eigenvalue weighted by molar-refractivity contribution is 5.77. The van der Waals surface area contributed by atoms with Gasteiger partial charge in [0.15, 0.2) is 0 Å². The lowest BCUT2D eigenvalue weighted by atomic mass is 10.2. The van der Waals surface area contributed by atoms with E-state index >= 15 is 0 Å². The van der Waals surface area contributed by atoms with Gasteiger partial charge in [-0.25, -0.2) is 0 Å². The second kappa shape index (κ2) is 7.11. The fraction of sp³-hybridized carbons (Fsp3) is 0.500. The lowest BCUT2D eigenvalue weighted by Crippen LogP contribution is -2.35. The zero-order chi connectivity index (χ0) is 15.2. The Hall–Kier alpha value is -2.04. The lowest BCUT2D eigenvalue weighted by Gasteiger charge is -2.21. The van der Waals surface area contributed by atoms with Crippen molar-refractivity contribution in [3.63, 3.8) is 0 Å². The number of benzene rings is 1. The first-order valence-corrected chi connectivity index (χ1v) is 7.27. The van der Waals surface area contributed by atoms with Gasteiger partial charge in [0.05, 0.1) is 19.4 Å². The summed E-state index contributed by atoms with van der Waals surface area (Å²) in [6.07, 6.45) is 2.24. The maximum absolute atomic E-state index is 12.1.